The normalized spacial score (nSPS) is 16.5. The average Bonchev–Trinajstić information content (AvgIpc) is 2.85. The Morgan fingerprint density at radius 2 is 1.86 bits per heavy atom. The second-order valence-electron chi connectivity index (χ2n) is 7.15. The van der Waals surface area contributed by atoms with Gasteiger partial charge in [0.15, 0.2) is 6.10 Å². The number of nitrogens with one attached hydrogen (secondary N) is 1. The molecule has 6 nitrogen and oxygen atoms in total. The van der Waals surface area contributed by atoms with Crippen LogP contribution in [0.1, 0.15) is 17.5 Å². The van der Waals surface area contributed by atoms with Gasteiger partial charge in [-0.1, -0.05) is 23.8 Å². The Hall–Kier alpha value is -2.19. The van der Waals surface area contributed by atoms with Gasteiger partial charge in [-0.15, -0.1) is 11.8 Å². The molecule has 2 aromatic carbocycles. The third-order valence-electron chi connectivity index (χ3n) is 4.63. The maximum absolute atomic E-state index is 12.6. The highest BCUT2D eigenvalue weighted by Crippen LogP contribution is 2.35. The highest BCUT2D eigenvalue weighted by Gasteiger charge is 2.31. The zero-order chi connectivity index (χ0) is 21.0. The maximum Gasteiger partial charge on any atom is 0.261 e. The molecular formula is C21H26N2O4S2. The van der Waals surface area contributed by atoms with Gasteiger partial charge in [0.05, 0.1) is 11.9 Å². The number of carbonyl (C=O) groups is 1. The van der Waals surface area contributed by atoms with Crippen LogP contribution in [0.3, 0.4) is 0 Å². The van der Waals surface area contributed by atoms with E-state index in [-0.39, 0.29) is 18.9 Å². The number of benzene rings is 2. The molecule has 1 unspecified atom stereocenters. The van der Waals surface area contributed by atoms with Crippen molar-refractivity contribution in [2.45, 2.75) is 31.3 Å². The lowest BCUT2D eigenvalue weighted by atomic mass is 10.2. The van der Waals surface area contributed by atoms with Crippen LogP contribution >= 0.6 is 11.8 Å². The summed E-state index contributed by atoms with van der Waals surface area (Å²) < 4.78 is 31.7. The Kier molecular flexibility index (Phi) is 6.74. The first kappa shape index (κ1) is 21.5. The van der Waals surface area contributed by atoms with Gasteiger partial charge in [-0.2, -0.15) is 0 Å². The number of sulfonamides is 1. The van der Waals surface area contributed by atoms with Crippen LogP contribution in [0, 0.1) is 13.8 Å². The predicted octanol–water partition coefficient (Wildman–Crippen LogP) is 3.13. The lowest BCUT2D eigenvalue weighted by Gasteiger charge is -2.21. The Balaban J connectivity index is 1.61. The van der Waals surface area contributed by atoms with E-state index in [2.05, 4.69) is 29.6 Å². The summed E-state index contributed by atoms with van der Waals surface area (Å²) in [5.41, 5.74) is 2.63. The van der Waals surface area contributed by atoms with Gasteiger partial charge in [-0.05, 0) is 43.7 Å². The molecule has 0 fully saturated rings. The number of amides is 1. The van der Waals surface area contributed by atoms with Crippen molar-refractivity contribution in [2.24, 2.45) is 0 Å². The monoisotopic (exact) mass is 434 g/mol. The smallest absolute Gasteiger partial charge is 0.261 e. The van der Waals surface area contributed by atoms with Crippen LogP contribution in [0.15, 0.2) is 47.4 Å². The Labute approximate surface area is 176 Å². The molecule has 3 rings (SSSR count). The molecule has 0 saturated carbocycles. The zero-order valence-corrected chi connectivity index (χ0v) is 18.5. The number of hydrogen-bond acceptors (Lipinski definition) is 5. The molecule has 1 heterocycles. The van der Waals surface area contributed by atoms with E-state index in [1.54, 1.807) is 23.9 Å². The molecule has 1 amide bonds. The van der Waals surface area contributed by atoms with Gasteiger partial charge >= 0.3 is 0 Å². The van der Waals surface area contributed by atoms with E-state index in [0.29, 0.717) is 18.0 Å². The van der Waals surface area contributed by atoms with E-state index >= 15 is 0 Å². The average molecular weight is 435 g/mol. The number of thioether (sulfide) groups is 1. The van der Waals surface area contributed by atoms with Crippen LogP contribution in [-0.4, -0.2) is 45.5 Å². The summed E-state index contributed by atoms with van der Waals surface area (Å²) in [7, 11) is -3.46. The van der Waals surface area contributed by atoms with E-state index in [1.165, 1.54) is 16.1 Å². The van der Waals surface area contributed by atoms with Crippen LogP contribution in [-0.2, 0) is 14.8 Å². The summed E-state index contributed by atoms with van der Waals surface area (Å²) in [6, 6.07) is 13.6. The van der Waals surface area contributed by atoms with Gasteiger partial charge < -0.3 is 10.1 Å². The van der Waals surface area contributed by atoms with E-state index < -0.39 is 16.1 Å². The molecule has 0 bridgehead atoms. The standard InChI is InChI=1S/C21H26N2O4S2/c1-15-4-7-17(8-5-15)28-13-11-22-21(24)20-10-12-23(29(3,25)26)18-14-16(2)6-9-19(18)27-20/h4-9,14,20H,10-13H2,1-3H3,(H,22,24). The van der Waals surface area contributed by atoms with Crippen molar-refractivity contribution in [1.82, 2.24) is 5.32 Å². The topological polar surface area (TPSA) is 75.7 Å². The molecule has 1 N–H and O–H groups in total. The van der Waals surface area contributed by atoms with Crippen molar-refractivity contribution in [3.8, 4) is 5.75 Å². The van der Waals surface area contributed by atoms with Crippen LogP contribution in [0.4, 0.5) is 5.69 Å². The molecule has 0 aliphatic carbocycles. The van der Waals surface area contributed by atoms with Crippen molar-refractivity contribution < 1.29 is 17.9 Å². The first-order valence-electron chi connectivity index (χ1n) is 9.46. The summed E-state index contributed by atoms with van der Waals surface area (Å²) in [6.07, 6.45) is 0.729. The molecule has 1 atom stereocenters. The summed E-state index contributed by atoms with van der Waals surface area (Å²) in [5, 5.41) is 2.90. The highest BCUT2D eigenvalue weighted by atomic mass is 32.2. The fourth-order valence-electron chi connectivity index (χ4n) is 3.11. The Morgan fingerprint density at radius 3 is 2.55 bits per heavy atom. The molecule has 0 radical (unpaired) electrons. The Bertz CT molecular complexity index is 975. The molecular weight excluding hydrogens is 408 g/mol. The van der Waals surface area contributed by atoms with Crippen molar-refractivity contribution in [3.63, 3.8) is 0 Å². The number of ether oxygens (including phenoxy) is 1. The zero-order valence-electron chi connectivity index (χ0n) is 16.8. The van der Waals surface area contributed by atoms with Crippen molar-refractivity contribution in [3.05, 3.63) is 53.6 Å². The first-order chi connectivity index (χ1) is 13.7. The van der Waals surface area contributed by atoms with Gasteiger partial charge in [0.1, 0.15) is 5.75 Å². The maximum atomic E-state index is 12.6. The number of aryl methyl sites for hydroxylation is 2. The minimum absolute atomic E-state index is 0.200. The second-order valence-corrected chi connectivity index (χ2v) is 10.2. The largest absolute Gasteiger partial charge is 0.478 e. The van der Waals surface area contributed by atoms with Crippen LogP contribution < -0.4 is 14.4 Å². The SMILES string of the molecule is Cc1ccc(SCCNC(=O)C2CCN(S(C)(=O)=O)c3cc(C)ccc3O2)cc1. The fraction of sp³-hybridized carbons (Fsp3) is 0.381. The van der Waals surface area contributed by atoms with E-state index in [1.807, 2.05) is 19.9 Å². The Morgan fingerprint density at radius 1 is 1.17 bits per heavy atom. The fourth-order valence-corrected chi connectivity index (χ4v) is 4.82. The third kappa shape index (κ3) is 5.67. The van der Waals surface area contributed by atoms with E-state index in [4.69, 9.17) is 4.74 Å². The molecule has 0 aromatic heterocycles. The van der Waals surface area contributed by atoms with Crippen molar-refractivity contribution in [1.29, 1.82) is 0 Å². The lowest BCUT2D eigenvalue weighted by molar-refractivity contribution is -0.127. The van der Waals surface area contributed by atoms with Gasteiger partial charge in [0, 0.05) is 30.2 Å². The molecule has 1 aliphatic heterocycles. The summed E-state index contributed by atoms with van der Waals surface area (Å²) in [4.78, 5) is 13.8. The first-order valence-corrected chi connectivity index (χ1v) is 12.3. The van der Waals surface area contributed by atoms with Crippen molar-refractivity contribution in [2.75, 3.05) is 29.4 Å². The van der Waals surface area contributed by atoms with E-state index in [9.17, 15) is 13.2 Å². The van der Waals surface area contributed by atoms with Crippen LogP contribution in [0.25, 0.3) is 0 Å². The van der Waals surface area contributed by atoms with E-state index in [0.717, 1.165) is 16.2 Å². The summed E-state index contributed by atoms with van der Waals surface area (Å²) >= 11 is 1.67. The van der Waals surface area contributed by atoms with Gasteiger partial charge in [-0.3, -0.25) is 9.10 Å². The van der Waals surface area contributed by atoms with Gasteiger partial charge in [-0.25, -0.2) is 8.42 Å². The summed E-state index contributed by atoms with van der Waals surface area (Å²) in [5.74, 6) is 0.927. The molecule has 2 aromatic rings. The molecule has 1 aliphatic rings. The minimum atomic E-state index is -3.46. The van der Waals surface area contributed by atoms with Crippen LogP contribution in [0.5, 0.6) is 5.75 Å². The molecule has 29 heavy (non-hydrogen) atoms. The van der Waals surface area contributed by atoms with Gasteiger partial charge in [0.2, 0.25) is 10.0 Å². The van der Waals surface area contributed by atoms with Gasteiger partial charge in [0.25, 0.3) is 5.91 Å². The number of fused-ring (bicyclic) bond motifs is 1. The number of anilines is 1. The van der Waals surface area contributed by atoms with Crippen LogP contribution in [0.2, 0.25) is 0 Å². The minimum Gasteiger partial charge on any atom is -0.478 e. The second kappa shape index (κ2) is 9.09. The molecule has 8 heteroatoms. The predicted molar refractivity (Wildman–Crippen MR) is 117 cm³/mol. The molecule has 0 spiro atoms. The van der Waals surface area contributed by atoms with Crippen molar-refractivity contribution >= 4 is 33.4 Å². The highest BCUT2D eigenvalue weighted by molar-refractivity contribution is 7.99. The number of carbonyl (C=O) groups excluding carboxylic acids is 1. The lowest BCUT2D eigenvalue weighted by Crippen LogP contribution is -2.40. The molecule has 0 saturated heterocycles. The molecule has 156 valence electrons. The number of hydrogen-bond donors (Lipinski definition) is 1. The number of rotatable bonds is 6. The third-order valence-corrected chi connectivity index (χ3v) is 6.82. The number of nitrogens with zero attached hydrogens (tertiary/aromatic N) is 1. The summed E-state index contributed by atoms with van der Waals surface area (Å²) in [6.45, 7) is 4.65. The quantitative estimate of drug-likeness (QED) is 0.558.